The van der Waals surface area contributed by atoms with Crippen LogP contribution in [0.5, 0.6) is 5.75 Å². The second kappa shape index (κ2) is 17.4. The molecule has 4 aromatic rings. The van der Waals surface area contributed by atoms with Crippen LogP contribution < -0.4 is 25.6 Å². The zero-order chi connectivity index (χ0) is 40.2. The number of hydrogen-bond donors (Lipinski definition) is 3. The molecule has 8 rings (SSSR count). The van der Waals surface area contributed by atoms with Gasteiger partial charge < -0.3 is 34.6 Å². The number of imidazole rings is 1. The second-order valence-electron chi connectivity index (χ2n) is 15.8. The van der Waals surface area contributed by atoms with Crippen molar-refractivity contribution >= 4 is 46.4 Å². The lowest BCUT2D eigenvalue weighted by molar-refractivity contribution is -0.120. The van der Waals surface area contributed by atoms with Crippen LogP contribution in [0.1, 0.15) is 71.1 Å². The fraction of sp³-hybridized carbons (Fsp3) is 0.512. The van der Waals surface area contributed by atoms with Gasteiger partial charge in [-0.25, -0.2) is 24.7 Å². The van der Waals surface area contributed by atoms with Gasteiger partial charge in [-0.2, -0.15) is 0 Å². The van der Waals surface area contributed by atoms with Gasteiger partial charge in [-0.1, -0.05) is 6.07 Å². The molecule has 0 unspecified atom stereocenters. The standard InChI is InChI=1S/C41H52N12O5/c1-27-5-3-6-32(46-27)39(55)47-30-22-31(23-30)53-26-45-36-37(43-25-44-38(36)53)42-12-4-13-49-17-19-50(20-18-49)24-28-9-14-51(15-10-28)40(56)29-7-8-34(58-2)33(21-29)52-16-11-35(54)48-41(52)57/h3,5-8,21,25-26,28,30-31H,4,9-20,22-24H2,1-2H3,(H,47,55)(H,42,43,44)(H,48,54,57). The van der Waals surface area contributed by atoms with E-state index in [0.29, 0.717) is 41.7 Å². The molecule has 6 heterocycles. The molecule has 0 atom stereocenters. The second-order valence-corrected chi connectivity index (χ2v) is 15.8. The molecule has 3 N–H and O–H groups in total. The molecule has 4 aliphatic rings. The number of nitrogens with zero attached hydrogens (tertiary/aromatic N) is 9. The average molecular weight is 793 g/mol. The maximum absolute atomic E-state index is 13.5. The lowest BCUT2D eigenvalue weighted by Gasteiger charge is -2.39. The molecule has 0 radical (unpaired) electrons. The van der Waals surface area contributed by atoms with Gasteiger partial charge in [0.15, 0.2) is 11.5 Å². The lowest BCUT2D eigenvalue weighted by atomic mass is 9.86. The molecule has 58 heavy (non-hydrogen) atoms. The summed E-state index contributed by atoms with van der Waals surface area (Å²) in [6, 6.07) is 10.4. The number of amides is 5. The van der Waals surface area contributed by atoms with E-state index in [1.54, 1.807) is 30.6 Å². The van der Waals surface area contributed by atoms with Gasteiger partial charge in [0.05, 0.1) is 19.1 Å². The molecule has 1 aromatic carbocycles. The van der Waals surface area contributed by atoms with Gasteiger partial charge in [0.25, 0.3) is 11.8 Å². The first-order chi connectivity index (χ1) is 28.2. The van der Waals surface area contributed by atoms with Crippen molar-refractivity contribution in [1.82, 2.24) is 49.8 Å². The number of carbonyl (C=O) groups is 4. The minimum absolute atomic E-state index is 0.0550. The maximum atomic E-state index is 13.5. The lowest BCUT2D eigenvalue weighted by Crippen LogP contribution is -2.50. The average Bonchev–Trinajstić information content (AvgIpc) is 3.65. The van der Waals surface area contributed by atoms with Gasteiger partial charge in [0.1, 0.15) is 23.3 Å². The Hall–Kier alpha value is -5.68. The molecule has 3 aromatic heterocycles. The van der Waals surface area contributed by atoms with Gasteiger partial charge in [-0.15, -0.1) is 0 Å². The molecule has 0 bridgehead atoms. The molecule has 5 amide bonds. The third-order valence-electron chi connectivity index (χ3n) is 11.9. The summed E-state index contributed by atoms with van der Waals surface area (Å²) in [6.07, 6.45) is 8.13. The van der Waals surface area contributed by atoms with Crippen molar-refractivity contribution in [2.45, 2.75) is 57.5 Å². The molecule has 3 aliphatic heterocycles. The van der Waals surface area contributed by atoms with E-state index in [1.165, 1.54) is 12.0 Å². The first kappa shape index (κ1) is 39.2. The highest BCUT2D eigenvalue weighted by Gasteiger charge is 2.34. The van der Waals surface area contributed by atoms with Crippen LogP contribution in [0, 0.1) is 12.8 Å². The molecule has 17 nitrogen and oxygen atoms in total. The number of benzene rings is 1. The summed E-state index contributed by atoms with van der Waals surface area (Å²) in [5, 5.41) is 8.93. The van der Waals surface area contributed by atoms with Crippen molar-refractivity contribution in [3.63, 3.8) is 0 Å². The van der Waals surface area contributed by atoms with E-state index in [1.807, 2.05) is 30.3 Å². The Morgan fingerprint density at radius 3 is 2.50 bits per heavy atom. The van der Waals surface area contributed by atoms with E-state index in [4.69, 9.17) is 4.74 Å². The Bertz CT molecular complexity index is 2140. The normalized spacial score (nSPS) is 20.8. The summed E-state index contributed by atoms with van der Waals surface area (Å²) in [4.78, 5) is 76.9. The Balaban J connectivity index is 0.733. The van der Waals surface area contributed by atoms with Gasteiger partial charge >= 0.3 is 6.03 Å². The molecular weight excluding hydrogens is 741 g/mol. The molecule has 306 valence electrons. The zero-order valence-electron chi connectivity index (χ0n) is 33.2. The van der Waals surface area contributed by atoms with Crippen LogP contribution in [0.3, 0.4) is 0 Å². The highest BCUT2D eigenvalue weighted by molar-refractivity contribution is 6.07. The third-order valence-corrected chi connectivity index (χ3v) is 11.9. The fourth-order valence-corrected chi connectivity index (χ4v) is 8.51. The topological polar surface area (TPSA) is 183 Å². The SMILES string of the molecule is COc1ccc(C(=O)N2CCC(CN3CCN(CCCNc4ncnc5c4ncn5C4CC(NC(=O)c5cccc(C)n5)C4)CC3)CC2)cc1N1CCC(=O)NC1=O. The molecule has 3 saturated heterocycles. The number of urea groups is 1. The number of piperazine rings is 1. The number of carbonyl (C=O) groups excluding carboxylic acids is 4. The van der Waals surface area contributed by atoms with Crippen LogP contribution in [-0.4, -0.2) is 142 Å². The van der Waals surface area contributed by atoms with Crippen LogP contribution in [0.15, 0.2) is 49.1 Å². The summed E-state index contributed by atoms with van der Waals surface area (Å²) in [7, 11) is 1.52. The van der Waals surface area contributed by atoms with Crippen molar-refractivity contribution < 1.29 is 23.9 Å². The zero-order valence-corrected chi connectivity index (χ0v) is 33.2. The van der Waals surface area contributed by atoms with Crippen LogP contribution in [-0.2, 0) is 4.79 Å². The molecule has 4 fully saturated rings. The largest absolute Gasteiger partial charge is 0.495 e. The summed E-state index contributed by atoms with van der Waals surface area (Å²) < 4.78 is 7.57. The number of aromatic nitrogens is 5. The van der Waals surface area contributed by atoms with E-state index in [2.05, 4.69) is 50.3 Å². The van der Waals surface area contributed by atoms with Crippen LogP contribution in [0.4, 0.5) is 16.3 Å². The predicted molar refractivity (Wildman–Crippen MR) is 217 cm³/mol. The van der Waals surface area contributed by atoms with E-state index in [9.17, 15) is 19.2 Å². The maximum Gasteiger partial charge on any atom is 0.328 e. The van der Waals surface area contributed by atoms with Crippen LogP contribution in [0.25, 0.3) is 11.2 Å². The highest BCUT2D eigenvalue weighted by atomic mass is 16.5. The molecule has 1 saturated carbocycles. The minimum atomic E-state index is -0.510. The Morgan fingerprint density at radius 1 is 0.948 bits per heavy atom. The molecule has 1 aliphatic carbocycles. The Morgan fingerprint density at radius 2 is 1.74 bits per heavy atom. The highest BCUT2D eigenvalue weighted by Crippen LogP contribution is 2.35. The number of aryl methyl sites for hydroxylation is 1. The van der Waals surface area contributed by atoms with E-state index in [0.717, 1.165) is 101 Å². The van der Waals surface area contributed by atoms with Crippen molar-refractivity contribution in [3.05, 3.63) is 66.0 Å². The third kappa shape index (κ3) is 8.74. The van der Waals surface area contributed by atoms with Gasteiger partial charge in [0, 0.05) is 88.7 Å². The van der Waals surface area contributed by atoms with Crippen molar-refractivity contribution in [2.24, 2.45) is 5.92 Å². The Labute approximate surface area is 337 Å². The van der Waals surface area contributed by atoms with Gasteiger partial charge in [0.2, 0.25) is 5.91 Å². The number of fused-ring (bicyclic) bond motifs is 1. The smallest absolute Gasteiger partial charge is 0.328 e. The number of rotatable bonds is 13. The molecular formula is C41H52N12O5. The van der Waals surface area contributed by atoms with Crippen LogP contribution >= 0.6 is 0 Å². The van der Waals surface area contributed by atoms with E-state index < -0.39 is 6.03 Å². The fourth-order valence-electron chi connectivity index (χ4n) is 8.51. The minimum Gasteiger partial charge on any atom is -0.495 e. The first-order valence-electron chi connectivity index (χ1n) is 20.4. The number of anilines is 2. The summed E-state index contributed by atoms with van der Waals surface area (Å²) >= 11 is 0. The van der Waals surface area contributed by atoms with Gasteiger partial charge in [-0.3, -0.25) is 24.6 Å². The quantitative estimate of drug-likeness (QED) is 0.169. The number of likely N-dealkylation sites (tertiary alicyclic amines) is 1. The number of piperidine rings is 1. The molecule has 17 heteroatoms. The monoisotopic (exact) mass is 792 g/mol. The predicted octanol–water partition coefficient (Wildman–Crippen LogP) is 3.09. The number of pyridine rings is 1. The number of methoxy groups -OCH3 is 1. The summed E-state index contributed by atoms with van der Waals surface area (Å²) in [5.41, 5.74) is 3.82. The van der Waals surface area contributed by atoms with Crippen molar-refractivity contribution in [2.75, 3.05) is 82.8 Å². The van der Waals surface area contributed by atoms with Crippen LogP contribution in [0.2, 0.25) is 0 Å². The van der Waals surface area contributed by atoms with E-state index >= 15 is 0 Å². The molecule has 0 spiro atoms. The Kier molecular flexibility index (Phi) is 11.8. The van der Waals surface area contributed by atoms with Gasteiger partial charge in [-0.05, 0) is 81.8 Å². The number of imide groups is 1. The van der Waals surface area contributed by atoms with Crippen molar-refractivity contribution in [1.29, 1.82) is 0 Å². The number of hydrogen-bond acceptors (Lipinski definition) is 12. The summed E-state index contributed by atoms with van der Waals surface area (Å²) in [5.74, 6) is 1.26. The number of nitrogens with one attached hydrogen (secondary N) is 3. The first-order valence-corrected chi connectivity index (χ1v) is 20.4. The van der Waals surface area contributed by atoms with Crippen molar-refractivity contribution in [3.8, 4) is 5.75 Å². The number of ether oxygens (including phenoxy) is 1. The summed E-state index contributed by atoms with van der Waals surface area (Å²) in [6.45, 7) is 10.5. The van der Waals surface area contributed by atoms with E-state index in [-0.39, 0.29) is 42.8 Å².